The first-order chi connectivity index (χ1) is 8.08. The number of carbonyl (C=O) groups excluding carboxylic acids is 1. The van der Waals surface area contributed by atoms with Crippen molar-refractivity contribution in [2.24, 2.45) is 0 Å². The highest BCUT2D eigenvalue weighted by atomic mass is 35.5. The van der Waals surface area contributed by atoms with Gasteiger partial charge in [0.1, 0.15) is 6.04 Å². The molecule has 3 nitrogen and oxygen atoms in total. The van der Waals surface area contributed by atoms with Crippen LogP contribution in [0.25, 0.3) is 0 Å². The highest BCUT2D eigenvalue weighted by Gasteiger charge is 2.17. The van der Waals surface area contributed by atoms with E-state index in [4.69, 9.17) is 11.6 Å². The second-order valence-electron chi connectivity index (χ2n) is 3.89. The SMILES string of the molecule is CCN(CC)C(=O)C(C)Nc1cccc(Cl)c1. The molecule has 1 unspecified atom stereocenters. The number of rotatable bonds is 5. The van der Waals surface area contributed by atoms with E-state index in [2.05, 4.69) is 5.32 Å². The molecule has 0 aliphatic carbocycles. The van der Waals surface area contributed by atoms with Crippen molar-refractivity contribution < 1.29 is 4.79 Å². The largest absolute Gasteiger partial charge is 0.374 e. The molecule has 1 rings (SSSR count). The van der Waals surface area contributed by atoms with E-state index >= 15 is 0 Å². The minimum Gasteiger partial charge on any atom is -0.374 e. The first kappa shape index (κ1) is 13.8. The fourth-order valence-electron chi connectivity index (χ4n) is 1.70. The number of hydrogen-bond acceptors (Lipinski definition) is 2. The summed E-state index contributed by atoms with van der Waals surface area (Å²) in [6.07, 6.45) is 0. The summed E-state index contributed by atoms with van der Waals surface area (Å²) in [5, 5.41) is 3.82. The number of benzene rings is 1. The van der Waals surface area contributed by atoms with Crippen molar-refractivity contribution in [2.75, 3.05) is 18.4 Å². The van der Waals surface area contributed by atoms with Crippen LogP contribution in [0.5, 0.6) is 0 Å². The fraction of sp³-hybridized carbons (Fsp3) is 0.462. The Morgan fingerprint density at radius 3 is 2.59 bits per heavy atom. The Labute approximate surface area is 108 Å². The van der Waals surface area contributed by atoms with Crippen LogP contribution in [-0.2, 0) is 4.79 Å². The molecule has 94 valence electrons. The Hall–Kier alpha value is -1.22. The van der Waals surface area contributed by atoms with Gasteiger partial charge in [-0.25, -0.2) is 0 Å². The zero-order valence-corrected chi connectivity index (χ0v) is 11.3. The lowest BCUT2D eigenvalue weighted by atomic mass is 10.2. The summed E-state index contributed by atoms with van der Waals surface area (Å²) in [6, 6.07) is 7.14. The lowest BCUT2D eigenvalue weighted by Crippen LogP contribution is -2.41. The number of hydrogen-bond donors (Lipinski definition) is 1. The number of halogens is 1. The quantitative estimate of drug-likeness (QED) is 0.876. The van der Waals surface area contributed by atoms with Gasteiger partial charge in [0.15, 0.2) is 0 Å². The summed E-state index contributed by atoms with van der Waals surface area (Å²) in [7, 11) is 0. The van der Waals surface area contributed by atoms with Crippen molar-refractivity contribution in [1.82, 2.24) is 4.90 Å². The molecule has 1 aromatic rings. The van der Waals surface area contributed by atoms with Gasteiger partial charge in [-0.15, -0.1) is 0 Å². The summed E-state index contributed by atoms with van der Waals surface area (Å²) >= 11 is 5.89. The van der Waals surface area contributed by atoms with Crippen LogP contribution in [0, 0.1) is 0 Å². The molecule has 0 bridgehead atoms. The molecule has 0 aliphatic rings. The lowest BCUT2D eigenvalue weighted by molar-refractivity contribution is -0.131. The molecule has 0 aliphatic heterocycles. The van der Waals surface area contributed by atoms with Gasteiger partial charge in [-0.2, -0.15) is 0 Å². The van der Waals surface area contributed by atoms with E-state index in [1.165, 1.54) is 0 Å². The second-order valence-corrected chi connectivity index (χ2v) is 4.32. The topological polar surface area (TPSA) is 32.3 Å². The molecular formula is C13H19ClN2O. The van der Waals surface area contributed by atoms with E-state index in [0.29, 0.717) is 5.02 Å². The fourth-order valence-corrected chi connectivity index (χ4v) is 1.89. The zero-order chi connectivity index (χ0) is 12.8. The van der Waals surface area contributed by atoms with Crippen molar-refractivity contribution in [3.63, 3.8) is 0 Å². The second kappa shape index (κ2) is 6.50. The molecular weight excluding hydrogens is 236 g/mol. The molecule has 0 aromatic heterocycles. The van der Waals surface area contributed by atoms with Crippen LogP contribution in [0.1, 0.15) is 20.8 Å². The van der Waals surface area contributed by atoms with Crippen LogP contribution in [0.4, 0.5) is 5.69 Å². The van der Waals surface area contributed by atoms with Gasteiger partial charge in [0, 0.05) is 23.8 Å². The van der Waals surface area contributed by atoms with Gasteiger partial charge in [-0.1, -0.05) is 17.7 Å². The minimum absolute atomic E-state index is 0.106. The molecule has 0 spiro atoms. The number of likely N-dealkylation sites (N-methyl/N-ethyl adjacent to an activating group) is 1. The van der Waals surface area contributed by atoms with E-state index < -0.39 is 0 Å². The smallest absolute Gasteiger partial charge is 0.244 e. The Morgan fingerprint density at radius 1 is 1.41 bits per heavy atom. The van der Waals surface area contributed by atoms with E-state index in [1.54, 1.807) is 0 Å². The van der Waals surface area contributed by atoms with E-state index in [1.807, 2.05) is 49.9 Å². The predicted molar refractivity (Wildman–Crippen MR) is 72.5 cm³/mol. The molecule has 1 aromatic carbocycles. The van der Waals surface area contributed by atoms with Crippen LogP contribution < -0.4 is 5.32 Å². The Morgan fingerprint density at radius 2 is 2.06 bits per heavy atom. The van der Waals surface area contributed by atoms with Gasteiger partial charge >= 0.3 is 0 Å². The summed E-state index contributed by atoms with van der Waals surface area (Å²) in [6.45, 7) is 7.29. The van der Waals surface area contributed by atoms with Gasteiger partial charge in [0.05, 0.1) is 0 Å². The normalized spacial score (nSPS) is 12.0. The third-order valence-corrected chi connectivity index (χ3v) is 2.89. The van der Waals surface area contributed by atoms with E-state index in [0.717, 1.165) is 18.8 Å². The van der Waals surface area contributed by atoms with Crippen molar-refractivity contribution in [1.29, 1.82) is 0 Å². The van der Waals surface area contributed by atoms with E-state index in [9.17, 15) is 4.79 Å². The third-order valence-electron chi connectivity index (χ3n) is 2.65. The molecule has 0 radical (unpaired) electrons. The first-order valence-corrected chi connectivity index (χ1v) is 6.27. The number of carbonyl (C=O) groups is 1. The molecule has 0 fully saturated rings. The molecule has 0 saturated heterocycles. The maximum atomic E-state index is 12.0. The van der Waals surface area contributed by atoms with Crippen LogP contribution >= 0.6 is 11.6 Å². The standard InChI is InChI=1S/C13H19ClN2O/c1-4-16(5-2)13(17)10(3)15-12-8-6-7-11(14)9-12/h6-10,15H,4-5H2,1-3H3. The highest BCUT2D eigenvalue weighted by Crippen LogP contribution is 2.16. The van der Waals surface area contributed by atoms with Gasteiger partial charge in [-0.3, -0.25) is 4.79 Å². The van der Waals surface area contributed by atoms with Crippen molar-refractivity contribution >= 4 is 23.2 Å². The number of amides is 1. The molecule has 0 saturated carbocycles. The minimum atomic E-state index is -0.242. The summed E-state index contributed by atoms with van der Waals surface area (Å²) in [5.41, 5.74) is 0.866. The summed E-state index contributed by atoms with van der Waals surface area (Å²) in [5.74, 6) is 0.106. The first-order valence-electron chi connectivity index (χ1n) is 5.89. The Kier molecular flexibility index (Phi) is 5.29. The Bertz CT molecular complexity index is 377. The van der Waals surface area contributed by atoms with Crippen molar-refractivity contribution in [2.45, 2.75) is 26.8 Å². The van der Waals surface area contributed by atoms with Crippen molar-refractivity contribution in [3.8, 4) is 0 Å². The lowest BCUT2D eigenvalue weighted by Gasteiger charge is -2.24. The maximum Gasteiger partial charge on any atom is 0.244 e. The highest BCUT2D eigenvalue weighted by molar-refractivity contribution is 6.30. The molecule has 4 heteroatoms. The maximum absolute atomic E-state index is 12.0. The molecule has 1 amide bonds. The van der Waals surface area contributed by atoms with Gasteiger partial charge in [-0.05, 0) is 39.0 Å². The van der Waals surface area contributed by atoms with Crippen LogP contribution in [0.3, 0.4) is 0 Å². The third kappa shape index (κ3) is 3.93. The summed E-state index contributed by atoms with van der Waals surface area (Å²) < 4.78 is 0. The summed E-state index contributed by atoms with van der Waals surface area (Å²) in [4.78, 5) is 13.8. The molecule has 1 atom stereocenters. The van der Waals surface area contributed by atoms with Crippen LogP contribution in [0.15, 0.2) is 24.3 Å². The number of nitrogens with zero attached hydrogens (tertiary/aromatic N) is 1. The monoisotopic (exact) mass is 254 g/mol. The number of anilines is 1. The molecule has 1 N–H and O–H groups in total. The van der Waals surface area contributed by atoms with Crippen molar-refractivity contribution in [3.05, 3.63) is 29.3 Å². The zero-order valence-electron chi connectivity index (χ0n) is 10.5. The van der Waals surface area contributed by atoms with Gasteiger partial charge in [0.25, 0.3) is 0 Å². The van der Waals surface area contributed by atoms with Crippen LogP contribution in [-0.4, -0.2) is 29.9 Å². The number of nitrogens with one attached hydrogen (secondary N) is 1. The predicted octanol–water partition coefficient (Wildman–Crippen LogP) is 3.01. The van der Waals surface area contributed by atoms with Crippen LogP contribution in [0.2, 0.25) is 5.02 Å². The van der Waals surface area contributed by atoms with Gasteiger partial charge in [0.2, 0.25) is 5.91 Å². The average Bonchev–Trinajstić information content (AvgIpc) is 2.30. The average molecular weight is 255 g/mol. The Balaban J connectivity index is 2.65. The van der Waals surface area contributed by atoms with Gasteiger partial charge < -0.3 is 10.2 Å². The van der Waals surface area contributed by atoms with E-state index in [-0.39, 0.29) is 11.9 Å². The molecule has 0 heterocycles. The molecule has 17 heavy (non-hydrogen) atoms.